The summed E-state index contributed by atoms with van der Waals surface area (Å²) in [5.74, 6) is 0.272. The van der Waals surface area contributed by atoms with E-state index in [4.69, 9.17) is 25.8 Å². The highest BCUT2D eigenvalue weighted by atomic mass is 35.5. The van der Waals surface area contributed by atoms with Crippen molar-refractivity contribution in [3.8, 4) is 11.5 Å². The number of anilines is 2. The molecule has 1 N–H and O–H groups in total. The number of hydrogen-bond donors (Lipinski definition) is 1. The Hall–Kier alpha value is -4.50. The van der Waals surface area contributed by atoms with Crippen molar-refractivity contribution in [1.82, 2.24) is 4.90 Å². The maximum absolute atomic E-state index is 13.8. The second-order valence-corrected chi connectivity index (χ2v) is 11.4. The fourth-order valence-corrected chi connectivity index (χ4v) is 4.98. The highest BCUT2D eigenvalue weighted by Gasteiger charge is 2.38. The van der Waals surface area contributed by atoms with E-state index in [0.717, 1.165) is 10.5 Å². The quantitative estimate of drug-likeness (QED) is 0.320. The second kappa shape index (κ2) is 11.4. The van der Waals surface area contributed by atoms with E-state index in [2.05, 4.69) is 5.32 Å². The fourth-order valence-electron chi connectivity index (χ4n) is 4.81. The van der Waals surface area contributed by atoms with Gasteiger partial charge in [0.1, 0.15) is 5.60 Å². The molecule has 0 saturated heterocycles. The van der Waals surface area contributed by atoms with Crippen molar-refractivity contribution in [3.05, 3.63) is 82.4 Å². The van der Waals surface area contributed by atoms with Gasteiger partial charge in [-0.05, 0) is 75.7 Å². The van der Waals surface area contributed by atoms with Crippen LogP contribution in [-0.2, 0) is 20.9 Å². The minimum absolute atomic E-state index is 0.107. The Morgan fingerprint density at radius 2 is 1.74 bits per heavy atom. The van der Waals surface area contributed by atoms with Crippen molar-refractivity contribution in [1.29, 1.82) is 0 Å². The zero-order chi connectivity index (χ0) is 30.2. The molecule has 0 saturated carbocycles. The van der Waals surface area contributed by atoms with E-state index in [-0.39, 0.29) is 12.9 Å². The Balaban J connectivity index is 1.52. The molecule has 0 unspecified atom stereocenters. The van der Waals surface area contributed by atoms with Crippen molar-refractivity contribution >= 4 is 52.2 Å². The summed E-state index contributed by atoms with van der Waals surface area (Å²) in [5.41, 5.74) is 3.49. The minimum Gasteiger partial charge on any atom is -0.454 e. The largest absolute Gasteiger partial charge is 0.454 e. The summed E-state index contributed by atoms with van der Waals surface area (Å²) in [5, 5.41) is 3.82. The summed E-state index contributed by atoms with van der Waals surface area (Å²) >= 11 is 6.25. The number of benzene rings is 3. The third-order valence-electron chi connectivity index (χ3n) is 6.74. The normalized spacial score (nSPS) is 14.9. The van der Waals surface area contributed by atoms with Gasteiger partial charge in [0.2, 0.25) is 12.7 Å². The first-order valence-electron chi connectivity index (χ1n) is 13.6. The van der Waals surface area contributed by atoms with Gasteiger partial charge in [0.05, 0.1) is 17.0 Å². The number of imide groups is 1. The van der Waals surface area contributed by atoms with E-state index in [0.29, 0.717) is 63.4 Å². The number of nitrogens with one attached hydrogen (secondary N) is 1. The third kappa shape index (κ3) is 5.92. The van der Waals surface area contributed by atoms with E-state index in [9.17, 15) is 14.4 Å². The first-order chi connectivity index (χ1) is 19.9. The van der Waals surface area contributed by atoms with E-state index < -0.39 is 17.4 Å². The smallest absolute Gasteiger partial charge is 0.410 e. The van der Waals surface area contributed by atoms with Crippen LogP contribution < -0.4 is 19.7 Å². The van der Waals surface area contributed by atoms with Crippen LogP contribution in [0.4, 0.5) is 16.2 Å². The van der Waals surface area contributed by atoms with Crippen LogP contribution in [0.3, 0.4) is 0 Å². The van der Waals surface area contributed by atoms with Gasteiger partial charge in [-0.15, -0.1) is 0 Å². The van der Waals surface area contributed by atoms with E-state index in [1.165, 1.54) is 6.92 Å². The van der Waals surface area contributed by atoms with Gasteiger partial charge in [-0.1, -0.05) is 29.8 Å². The van der Waals surface area contributed by atoms with Gasteiger partial charge in [0.15, 0.2) is 11.5 Å². The Morgan fingerprint density at radius 3 is 2.40 bits per heavy atom. The monoisotopic (exact) mass is 589 g/mol. The third-order valence-corrected chi connectivity index (χ3v) is 6.98. The summed E-state index contributed by atoms with van der Waals surface area (Å²) < 4.78 is 16.6. The molecule has 3 aromatic rings. The van der Waals surface area contributed by atoms with Crippen molar-refractivity contribution < 1.29 is 28.6 Å². The van der Waals surface area contributed by atoms with Gasteiger partial charge < -0.3 is 24.4 Å². The number of rotatable bonds is 6. The Kier molecular flexibility index (Phi) is 7.88. The average Bonchev–Trinajstić information content (AvgIpc) is 3.51. The highest BCUT2D eigenvalue weighted by Crippen LogP contribution is 2.44. The number of amides is 3. The number of hydrogen-bond acceptors (Lipinski definition) is 7. The van der Waals surface area contributed by atoms with Crippen LogP contribution in [0.2, 0.25) is 5.02 Å². The lowest BCUT2D eigenvalue weighted by Crippen LogP contribution is -2.36. The summed E-state index contributed by atoms with van der Waals surface area (Å²) in [7, 11) is 0. The van der Waals surface area contributed by atoms with Crippen LogP contribution in [0.25, 0.3) is 11.3 Å². The molecule has 0 bridgehead atoms. The SMILES string of the molecule is CCN(Cc1ccc(NC(=C2C(=O)N(C(C)=O)c3cc(Cl)ccc32)c2ccc3c(c2)OCO3)cc1)C(=O)OC(C)(C)C. The predicted molar refractivity (Wildman–Crippen MR) is 161 cm³/mol. The molecule has 2 aliphatic rings. The molecular formula is C32H32ClN3O6. The lowest BCUT2D eigenvalue weighted by molar-refractivity contribution is -0.122. The summed E-state index contributed by atoms with van der Waals surface area (Å²) in [6.45, 7) is 9.73. The van der Waals surface area contributed by atoms with Crippen LogP contribution >= 0.6 is 11.6 Å². The van der Waals surface area contributed by atoms with E-state index in [1.807, 2.05) is 58.0 Å². The molecule has 9 nitrogen and oxygen atoms in total. The van der Waals surface area contributed by atoms with Gasteiger partial charge in [0, 0.05) is 41.9 Å². The fraction of sp³-hybridized carbons (Fsp3) is 0.281. The summed E-state index contributed by atoms with van der Waals surface area (Å²) in [6.07, 6.45) is -0.379. The number of fused-ring (bicyclic) bond motifs is 2. The maximum Gasteiger partial charge on any atom is 0.410 e. The minimum atomic E-state index is -0.587. The molecule has 0 atom stereocenters. The van der Waals surface area contributed by atoms with Gasteiger partial charge in [-0.2, -0.15) is 0 Å². The number of carbonyl (C=O) groups excluding carboxylic acids is 3. The van der Waals surface area contributed by atoms with Gasteiger partial charge in [-0.3, -0.25) is 9.59 Å². The molecule has 42 heavy (non-hydrogen) atoms. The maximum atomic E-state index is 13.8. The predicted octanol–water partition coefficient (Wildman–Crippen LogP) is 6.70. The van der Waals surface area contributed by atoms with Crippen LogP contribution in [-0.4, -0.2) is 41.7 Å². The van der Waals surface area contributed by atoms with Gasteiger partial charge in [0.25, 0.3) is 5.91 Å². The van der Waals surface area contributed by atoms with Crippen molar-refractivity contribution in [2.45, 2.75) is 46.8 Å². The molecule has 3 amide bonds. The lowest BCUT2D eigenvalue weighted by atomic mass is 9.99. The van der Waals surface area contributed by atoms with Crippen molar-refractivity contribution in [2.75, 3.05) is 23.6 Å². The van der Waals surface area contributed by atoms with E-state index >= 15 is 0 Å². The molecule has 0 spiro atoms. The van der Waals surface area contributed by atoms with Crippen LogP contribution in [0.1, 0.15) is 51.3 Å². The summed E-state index contributed by atoms with van der Waals surface area (Å²) in [6, 6.07) is 18.0. The van der Waals surface area contributed by atoms with E-state index in [1.54, 1.807) is 35.2 Å². The Morgan fingerprint density at radius 1 is 1.02 bits per heavy atom. The van der Waals surface area contributed by atoms with Crippen molar-refractivity contribution in [3.63, 3.8) is 0 Å². The average molecular weight is 590 g/mol. The molecule has 3 aromatic carbocycles. The Bertz CT molecular complexity index is 1590. The van der Waals surface area contributed by atoms with Crippen molar-refractivity contribution in [2.24, 2.45) is 0 Å². The molecule has 218 valence electrons. The molecule has 5 rings (SSSR count). The number of nitrogens with zero attached hydrogens (tertiary/aromatic N) is 2. The molecule has 0 aromatic heterocycles. The number of halogens is 1. The molecule has 0 aliphatic carbocycles. The molecule has 0 radical (unpaired) electrons. The first kappa shape index (κ1) is 29.0. The zero-order valence-corrected chi connectivity index (χ0v) is 24.9. The van der Waals surface area contributed by atoms with Gasteiger partial charge in [-0.25, -0.2) is 9.69 Å². The highest BCUT2D eigenvalue weighted by molar-refractivity contribution is 6.44. The molecule has 2 aliphatic heterocycles. The number of ether oxygens (including phenoxy) is 3. The number of carbonyl (C=O) groups is 3. The summed E-state index contributed by atoms with van der Waals surface area (Å²) in [4.78, 5) is 41.7. The second-order valence-electron chi connectivity index (χ2n) is 11.0. The Labute approximate surface area is 249 Å². The van der Waals surface area contributed by atoms with Crippen LogP contribution in [0, 0.1) is 0 Å². The lowest BCUT2D eigenvalue weighted by Gasteiger charge is -2.26. The molecule has 10 heteroatoms. The zero-order valence-electron chi connectivity index (χ0n) is 24.1. The molecule has 0 fully saturated rings. The first-order valence-corrected chi connectivity index (χ1v) is 14.0. The molecular weight excluding hydrogens is 558 g/mol. The molecule has 2 heterocycles. The van der Waals surface area contributed by atoms with Gasteiger partial charge >= 0.3 is 6.09 Å². The topological polar surface area (TPSA) is 97.4 Å². The van der Waals surface area contributed by atoms with Crippen LogP contribution in [0.5, 0.6) is 11.5 Å². The standard InChI is InChI=1S/C32H32ClN3O6/c1-6-35(31(39)42-32(3,4)5)17-20-7-11-23(12-8-20)34-29(21-9-14-26-27(15-21)41-18-40-26)28-24-13-10-22(33)16-25(24)36(19(2)37)30(28)38/h7-16,34H,6,17-18H2,1-5H3. The van der Waals surface area contributed by atoms with Crippen LogP contribution in [0.15, 0.2) is 60.7 Å².